The number of hydrogen-bond acceptors (Lipinski definition) is 3. The molecule has 0 radical (unpaired) electrons. The molecule has 4 heteroatoms. The van der Waals surface area contributed by atoms with Crippen LogP contribution in [0.15, 0.2) is 54.2 Å². The number of rotatable bonds is 1. The highest BCUT2D eigenvalue weighted by Crippen LogP contribution is 2.36. The average Bonchev–Trinajstić information content (AvgIpc) is 2.63. The van der Waals surface area contributed by atoms with Crippen molar-refractivity contribution in [2.75, 3.05) is 18.0 Å². The van der Waals surface area contributed by atoms with Crippen LogP contribution in [0.5, 0.6) is 0 Å². The molecule has 1 fully saturated rings. The lowest BCUT2D eigenvalue weighted by molar-refractivity contribution is 0.392. The predicted octanol–water partition coefficient (Wildman–Crippen LogP) is 4.82. The van der Waals surface area contributed by atoms with Crippen LogP contribution in [0.2, 0.25) is 5.02 Å². The van der Waals surface area contributed by atoms with Gasteiger partial charge in [0.05, 0.1) is 11.6 Å². The fourth-order valence-corrected chi connectivity index (χ4v) is 3.36. The van der Waals surface area contributed by atoms with E-state index >= 15 is 0 Å². The van der Waals surface area contributed by atoms with Gasteiger partial charge in [-0.15, -0.1) is 0 Å². The lowest BCUT2D eigenvalue weighted by Gasteiger charge is -2.41. The summed E-state index contributed by atoms with van der Waals surface area (Å²) in [5.41, 5.74) is 3.71. The van der Waals surface area contributed by atoms with Gasteiger partial charge in [0.2, 0.25) is 0 Å². The maximum Gasteiger partial charge on any atom is 0.114 e. The zero-order chi connectivity index (χ0) is 18.6. The minimum atomic E-state index is 0.0250. The van der Waals surface area contributed by atoms with Crippen molar-refractivity contribution < 1.29 is 0 Å². The van der Waals surface area contributed by atoms with E-state index in [4.69, 9.17) is 16.9 Å². The SMILES string of the molecule is CC1(C)CN(c2cccc(Cl)c2)CC/C1=C\C#Cc1cc(C#N)ccn1. The molecule has 0 spiro atoms. The highest BCUT2D eigenvalue weighted by molar-refractivity contribution is 6.30. The number of piperidine rings is 1. The highest BCUT2D eigenvalue weighted by Gasteiger charge is 2.30. The number of allylic oxidation sites excluding steroid dienone is 1. The molecule has 26 heavy (non-hydrogen) atoms. The minimum Gasteiger partial charge on any atom is -0.370 e. The quantitative estimate of drug-likeness (QED) is 0.683. The minimum absolute atomic E-state index is 0.0250. The molecule has 0 bridgehead atoms. The Balaban J connectivity index is 1.75. The summed E-state index contributed by atoms with van der Waals surface area (Å²) < 4.78 is 0. The Hall–Kier alpha value is -2.75. The Morgan fingerprint density at radius 2 is 2.12 bits per heavy atom. The predicted molar refractivity (Wildman–Crippen MR) is 106 cm³/mol. The Morgan fingerprint density at radius 1 is 1.27 bits per heavy atom. The average molecular weight is 362 g/mol. The lowest BCUT2D eigenvalue weighted by Crippen LogP contribution is -2.41. The number of hydrogen-bond donors (Lipinski definition) is 0. The zero-order valence-corrected chi connectivity index (χ0v) is 15.7. The first kappa shape index (κ1) is 18.1. The highest BCUT2D eigenvalue weighted by atomic mass is 35.5. The smallest absolute Gasteiger partial charge is 0.114 e. The molecule has 130 valence electrons. The Kier molecular flexibility index (Phi) is 5.31. The third-order valence-electron chi connectivity index (χ3n) is 4.62. The fourth-order valence-electron chi connectivity index (χ4n) is 3.18. The number of nitriles is 1. The normalized spacial score (nSPS) is 17.3. The molecule has 0 unspecified atom stereocenters. The second kappa shape index (κ2) is 7.65. The van der Waals surface area contributed by atoms with Crippen LogP contribution in [0.25, 0.3) is 0 Å². The van der Waals surface area contributed by atoms with Gasteiger partial charge >= 0.3 is 0 Å². The van der Waals surface area contributed by atoms with Crippen molar-refractivity contribution in [2.45, 2.75) is 20.3 Å². The van der Waals surface area contributed by atoms with Crippen LogP contribution >= 0.6 is 11.6 Å². The molecule has 2 heterocycles. The Morgan fingerprint density at radius 3 is 2.85 bits per heavy atom. The molecule has 0 amide bonds. The second-order valence-electron chi connectivity index (χ2n) is 7.02. The van der Waals surface area contributed by atoms with Crippen molar-refractivity contribution >= 4 is 17.3 Å². The van der Waals surface area contributed by atoms with E-state index in [1.54, 1.807) is 18.3 Å². The van der Waals surface area contributed by atoms with Crippen molar-refractivity contribution in [3.05, 3.63) is 70.5 Å². The van der Waals surface area contributed by atoms with E-state index < -0.39 is 0 Å². The summed E-state index contributed by atoms with van der Waals surface area (Å²) in [6, 6.07) is 13.5. The van der Waals surface area contributed by atoms with Gasteiger partial charge in [0.25, 0.3) is 0 Å². The molecule has 3 nitrogen and oxygen atoms in total. The molecule has 0 saturated carbocycles. The Bertz CT molecular complexity index is 942. The van der Waals surface area contributed by atoms with Gasteiger partial charge in [-0.25, -0.2) is 4.98 Å². The van der Waals surface area contributed by atoms with Gasteiger partial charge < -0.3 is 4.90 Å². The monoisotopic (exact) mass is 361 g/mol. The zero-order valence-electron chi connectivity index (χ0n) is 15.0. The Labute approximate surface area is 159 Å². The maximum absolute atomic E-state index is 8.95. The molecule has 1 saturated heterocycles. The summed E-state index contributed by atoms with van der Waals surface area (Å²) in [7, 11) is 0. The van der Waals surface area contributed by atoms with E-state index in [1.165, 1.54) is 5.57 Å². The molecule has 1 aromatic carbocycles. The van der Waals surface area contributed by atoms with E-state index in [0.717, 1.165) is 30.2 Å². The first-order valence-electron chi connectivity index (χ1n) is 8.56. The third kappa shape index (κ3) is 4.26. The molecular weight excluding hydrogens is 342 g/mol. The van der Waals surface area contributed by atoms with Gasteiger partial charge in [0, 0.05) is 35.4 Å². The largest absolute Gasteiger partial charge is 0.370 e. The number of anilines is 1. The van der Waals surface area contributed by atoms with Gasteiger partial charge in [-0.3, -0.25) is 0 Å². The summed E-state index contributed by atoms with van der Waals surface area (Å²) in [5, 5.41) is 9.71. The molecule has 0 N–H and O–H groups in total. The molecule has 0 atom stereocenters. The van der Waals surface area contributed by atoms with Crippen molar-refractivity contribution in [3.63, 3.8) is 0 Å². The van der Waals surface area contributed by atoms with E-state index in [1.807, 2.05) is 24.3 Å². The number of halogens is 1. The van der Waals surface area contributed by atoms with Crippen LogP contribution in [0.3, 0.4) is 0 Å². The van der Waals surface area contributed by atoms with Crippen molar-refractivity contribution in [3.8, 4) is 17.9 Å². The van der Waals surface area contributed by atoms with E-state index in [2.05, 4.69) is 47.7 Å². The van der Waals surface area contributed by atoms with Crippen LogP contribution in [0, 0.1) is 28.6 Å². The fraction of sp³-hybridized carbons (Fsp3) is 0.273. The van der Waals surface area contributed by atoms with Gasteiger partial charge in [-0.1, -0.05) is 43.0 Å². The van der Waals surface area contributed by atoms with Crippen LogP contribution in [-0.4, -0.2) is 18.1 Å². The van der Waals surface area contributed by atoms with Crippen molar-refractivity contribution in [2.24, 2.45) is 5.41 Å². The molecular formula is C22H20ClN3. The van der Waals surface area contributed by atoms with Crippen LogP contribution in [0.1, 0.15) is 31.5 Å². The first-order chi connectivity index (χ1) is 12.5. The van der Waals surface area contributed by atoms with E-state index in [0.29, 0.717) is 11.3 Å². The maximum atomic E-state index is 8.95. The first-order valence-corrected chi connectivity index (χ1v) is 8.93. The summed E-state index contributed by atoms with van der Waals surface area (Å²) in [5.74, 6) is 6.15. The summed E-state index contributed by atoms with van der Waals surface area (Å²) >= 11 is 6.13. The summed E-state index contributed by atoms with van der Waals surface area (Å²) in [6.07, 6.45) is 4.58. The summed E-state index contributed by atoms with van der Waals surface area (Å²) in [4.78, 5) is 6.56. The summed E-state index contributed by atoms with van der Waals surface area (Å²) in [6.45, 7) is 6.35. The van der Waals surface area contributed by atoms with Gasteiger partial charge in [0.1, 0.15) is 5.69 Å². The van der Waals surface area contributed by atoms with Gasteiger partial charge in [-0.2, -0.15) is 5.26 Å². The van der Waals surface area contributed by atoms with Crippen LogP contribution < -0.4 is 4.90 Å². The lowest BCUT2D eigenvalue weighted by atomic mass is 9.78. The van der Waals surface area contributed by atoms with Gasteiger partial charge in [-0.05, 0) is 48.7 Å². The second-order valence-corrected chi connectivity index (χ2v) is 7.45. The third-order valence-corrected chi connectivity index (χ3v) is 4.85. The number of pyridine rings is 1. The number of aromatic nitrogens is 1. The standard InChI is InChI=1S/C22H20ClN3/c1-22(2)16-26(21-8-4-6-19(23)14-21)12-10-18(22)5-3-7-20-13-17(15-24)9-11-25-20/h4-6,8-9,11,13-14H,10,12,16H2,1-2H3/b18-5+. The molecule has 3 rings (SSSR count). The number of benzene rings is 1. The van der Waals surface area contributed by atoms with Crippen LogP contribution in [-0.2, 0) is 0 Å². The topological polar surface area (TPSA) is 39.9 Å². The van der Waals surface area contributed by atoms with Crippen molar-refractivity contribution in [1.82, 2.24) is 4.98 Å². The van der Waals surface area contributed by atoms with Crippen LogP contribution in [0.4, 0.5) is 5.69 Å². The molecule has 1 aliphatic rings. The number of nitrogens with zero attached hydrogens (tertiary/aromatic N) is 3. The molecule has 1 aliphatic heterocycles. The molecule has 1 aromatic heterocycles. The van der Waals surface area contributed by atoms with E-state index in [-0.39, 0.29) is 5.41 Å². The van der Waals surface area contributed by atoms with Gasteiger partial charge in [0.15, 0.2) is 0 Å². The van der Waals surface area contributed by atoms with E-state index in [9.17, 15) is 0 Å². The molecule has 2 aromatic rings. The van der Waals surface area contributed by atoms with Crippen molar-refractivity contribution in [1.29, 1.82) is 5.26 Å². The molecule has 0 aliphatic carbocycles.